The number of hydrogen-bond donors (Lipinski definition) is 0. The average Bonchev–Trinajstić information content (AvgIpc) is 0.877. The lowest BCUT2D eigenvalue weighted by Gasteiger charge is -2.35. The Hall–Kier alpha value is -7.86. The molecule has 2 heterocycles. The Morgan fingerprint density at radius 3 is 0.571 bits per heavy atom. The highest BCUT2D eigenvalue weighted by Crippen LogP contribution is 2.32. The Labute approximate surface area is 583 Å². The fourth-order valence-electron chi connectivity index (χ4n) is 9.70. The van der Waals surface area contributed by atoms with Crippen LogP contribution in [0, 0.1) is 123 Å². The summed E-state index contributed by atoms with van der Waals surface area (Å²) in [6.07, 6.45) is 0. The van der Waals surface area contributed by atoms with Gasteiger partial charge in [0, 0.05) is 0 Å². The van der Waals surface area contributed by atoms with Crippen LogP contribution in [-0.4, -0.2) is 154 Å². The second-order valence-corrected chi connectivity index (χ2v) is 37.2. The van der Waals surface area contributed by atoms with Gasteiger partial charge >= 0.3 is 0 Å². The zero-order valence-electron chi connectivity index (χ0n) is 57.1. The maximum atomic E-state index is 14.2. The van der Waals surface area contributed by atoms with E-state index in [0.29, 0.717) is 0 Å². The van der Waals surface area contributed by atoms with Gasteiger partial charge in [0.15, 0.2) is 0 Å². The van der Waals surface area contributed by atoms with E-state index in [9.17, 15) is 50.5 Å². The fourth-order valence-corrected chi connectivity index (χ4v) is 17.9. The van der Waals surface area contributed by atoms with Gasteiger partial charge in [-0.05, 0) is 125 Å². The first-order chi connectivity index (χ1) is 45.9. The van der Waals surface area contributed by atoms with Crippen molar-refractivity contribution in [3.05, 3.63) is 179 Å². The van der Waals surface area contributed by atoms with Gasteiger partial charge in [0.1, 0.15) is 0 Å². The monoisotopic (exact) mass is 1440 g/mol. The van der Waals surface area contributed by atoms with Gasteiger partial charge in [0.05, 0.1) is 107 Å². The summed E-state index contributed by atoms with van der Waals surface area (Å²) in [6.45, 7) is 19.3. The second kappa shape index (κ2) is 32.4. The highest BCUT2D eigenvalue weighted by molar-refractivity contribution is 7.90. The molecule has 0 spiro atoms. The van der Waals surface area contributed by atoms with E-state index >= 15 is 0 Å². The summed E-state index contributed by atoms with van der Waals surface area (Å²) in [5.41, 5.74) is 3.84. The van der Waals surface area contributed by atoms with E-state index in [1.54, 1.807) is 72.8 Å². The van der Waals surface area contributed by atoms with Crippen LogP contribution in [-0.2, 0) is 60.1 Å². The quantitative estimate of drug-likeness (QED) is 0.105. The van der Waals surface area contributed by atoms with Crippen LogP contribution in [0.3, 0.4) is 0 Å². The van der Waals surface area contributed by atoms with Gasteiger partial charge in [-0.2, -0.15) is 25.8 Å². The third-order valence-electron chi connectivity index (χ3n) is 15.6. The van der Waals surface area contributed by atoms with Crippen molar-refractivity contribution >= 4 is 60.1 Å². The van der Waals surface area contributed by atoms with Crippen LogP contribution in [0.15, 0.2) is 175 Å². The number of aryl methyl sites for hydroxylation is 6. The molecule has 0 aliphatic carbocycles. The van der Waals surface area contributed by atoms with Crippen LogP contribution in [0.2, 0.25) is 0 Å². The van der Waals surface area contributed by atoms with E-state index in [4.69, 9.17) is 0 Å². The molecule has 2 aliphatic rings. The third-order valence-corrected chi connectivity index (χ3v) is 26.5. The number of nitrogens with zero attached hydrogens (tertiary/aromatic N) is 6. The van der Waals surface area contributed by atoms with Gasteiger partial charge in [0.25, 0.3) is 0 Å². The number of rotatable bonds is 12. The van der Waals surface area contributed by atoms with Gasteiger partial charge in [-0.3, -0.25) is 0 Å². The van der Waals surface area contributed by atoms with Crippen LogP contribution < -0.4 is 0 Å². The molecule has 0 saturated heterocycles. The largest absolute Gasteiger partial charge is 0.245 e. The van der Waals surface area contributed by atoms with E-state index < -0.39 is 83.1 Å². The first kappa shape index (κ1) is 77.5. The predicted octanol–water partition coefficient (Wildman–Crippen LogP) is 8.85. The first-order valence-corrected chi connectivity index (χ1v) is 39.8. The average molecular weight is 1440 g/mol. The van der Waals surface area contributed by atoms with E-state index in [-0.39, 0.29) is 94.8 Å². The lowest BCUT2D eigenvalue weighted by molar-refractivity contribution is 0.239. The summed E-state index contributed by atoms with van der Waals surface area (Å²) in [7, 11) is -24.6. The maximum absolute atomic E-state index is 14.2. The van der Waals surface area contributed by atoms with Gasteiger partial charge in [0.2, 0.25) is 60.1 Å². The molecule has 0 saturated carbocycles. The molecular formula is C74H82N6O12S6. The molecular weight excluding hydrogens is 1360 g/mol. The molecule has 0 fully saturated rings. The van der Waals surface area contributed by atoms with Crippen LogP contribution in [0.4, 0.5) is 0 Å². The molecule has 24 heteroatoms. The SMILES string of the molecule is Cc1ccc(S(=O)(=O)N2CC#CCN(S(=O)(=O)c3ccc(C)cc3)CC#C[C@@H](C(C)(C)C)N(S(=O)(=O)c3ccc(C)cc3)CC#CC2)cc1.Cc1ccc(S(=O)(=O)N2CC#CCN(S(=O)(=O)c3ccc(C)cc3)CC#C[C@@H](C(C)(C)C)N(S(=O)(=O)c3ccc(C)cc3)CC#CC2)cc1. The lowest BCUT2D eigenvalue weighted by Crippen LogP contribution is -2.47. The Kier molecular flexibility index (Phi) is 25.6. The lowest BCUT2D eigenvalue weighted by atomic mass is 9.87. The van der Waals surface area contributed by atoms with Crippen molar-refractivity contribution in [1.29, 1.82) is 0 Å². The molecule has 0 bridgehead atoms. The van der Waals surface area contributed by atoms with Gasteiger partial charge in [-0.25, -0.2) is 50.5 Å². The molecule has 2 aliphatic heterocycles. The molecule has 516 valence electrons. The van der Waals surface area contributed by atoms with Crippen molar-refractivity contribution in [2.75, 3.05) is 65.4 Å². The number of sulfonamides is 6. The van der Waals surface area contributed by atoms with Gasteiger partial charge < -0.3 is 0 Å². The Bertz CT molecular complexity index is 4670. The zero-order valence-corrected chi connectivity index (χ0v) is 62.0. The highest BCUT2D eigenvalue weighted by atomic mass is 32.2. The van der Waals surface area contributed by atoms with Crippen LogP contribution >= 0.6 is 0 Å². The standard InChI is InChI=1S/2C37H41N3O6S3/c2*1-30-13-19-33(20-14-30)47(41,42)38-25-7-8-26-39(48(43,44)34-21-15-31(2)16-22-34)28-11-12-36(37(4,5)6)40(29-10-9-27-38)49(45,46)35-23-17-32(3)18-24-35/h2*13-24,36H,25-29H2,1-6H3/t2*36-/m00/s1. The Morgan fingerprint density at radius 1 is 0.245 bits per heavy atom. The summed E-state index contributed by atoms with van der Waals surface area (Å²) in [6, 6.07) is 36.5. The molecule has 2 atom stereocenters. The van der Waals surface area contributed by atoms with E-state index in [0.717, 1.165) is 50.6 Å². The van der Waals surface area contributed by atoms with Gasteiger partial charge in [-0.15, -0.1) is 0 Å². The minimum Gasteiger partial charge on any atom is -0.207 e. The van der Waals surface area contributed by atoms with E-state index in [2.05, 4.69) is 71.0 Å². The maximum Gasteiger partial charge on any atom is 0.245 e. The third kappa shape index (κ3) is 19.7. The smallest absolute Gasteiger partial charge is 0.207 e. The molecule has 6 aromatic rings. The molecule has 6 aromatic carbocycles. The highest BCUT2D eigenvalue weighted by Gasteiger charge is 2.39. The fraction of sp³-hybridized carbons (Fsp3) is 0.351. The minimum atomic E-state index is -4.16. The van der Waals surface area contributed by atoms with Crippen molar-refractivity contribution in [3.63, 3.8) is 0 Å². The zero-order chi connectivity index (χ0) is 72.1. The molecule has 0 aromatic heterocycles. The predicted molar refractivity (Wildman–Crippen MR) is 383 cm³/mol. The van der Waals surface area contributed by atoms with Crippen molar-refractivity contribution in [3.8, 4) is 71.0 Å². The van der Waals surface area contributed by atoms with Crippen LogP contribution in [0.1, 0.15) is 74.9 Å². The summed E-state index contributed by atoms with van der Waals surface area (Å²) in [4.78, 5) is 0.296. The number of benzene rings is 6. The van der Waals surface area contributed by atoms with Crippen molar-refractivity contribution in [2.45, 2.75) is 125 Å². The van der Waals surface area contributed by atoms with Crippen LogP contribution in [0.25, 0.3) is 0 Å². The summed E-state index contributed by atoms with van der Waals surface area (Å²) in [5, 5.41) is 0. The van der Waals surface area contributed by atoms with Crippen molar-refractivity contribution in [2.24, 2.45) is 10.8 Å². The van der Waals surface area contributed by atoms with E-state index in [1.165, 1.54) is 81.4 Å². The summed E-state index contributed by atoms with van der Waals surface area (Å²) >= 11 is 0. The Morgan fingerprint density at radius 2 is 0.398 bits per heavy atom. The number of hydrogen-bond acceptors (Lipinski definition) is 12. The second-order valence-electron chi connectivity index (χ2n) is 25.7. The molecule has 8 rings (SSSR count). The Balaban J connectivity index is 0.000000276. The van der Waals surface area contributed by atoms with Gasteiger partial charge in [-0.1, -0.05) is 219 Å². The minimum absolute atomic E-state index is 0.0486. The molecule has 0 radical (unpaired) electrons. The molecule has 18 nitrogen and oxygen atoms in total. The van der Waals surface area contributed by atoms with Crippen molar-refractivity contribution < 1.29 is 50.5 Å². The molecule has 98 heavy (non-hydrogen) atoms. The summed E-state index contributed by atoms with van der Waals surface area (Å²) < 4.78 is 174. The normalized spacial score (nSPS) is 17.6. The molecule has 0 amide bonds. The first-order valence-electron chi connectivity index (χ1n) is 31.1. The van der Waals surface area contributed by atoms with E-state index in [1.807, 2.05) is 83.1 Å². The van der Waals surface area contributed by atoms with Crippen LogP contribution in [0.5, 0.6) is 0 Å². The molecule has 0 unspecified atom stereocenters. The van der Waals surface area contributed by atoms with Crippen molar-refractivity contribution in [1.82, 2.24) is 25.8 Å². The molecule has 0 N–H and O–H groups in total. The summed E-state index contributed by atoms with van der Waals surface area (Å²) in [5.74, 6) is 34.7. The topological polar surface area (TPSA) is 224 Å².